The van der Waals surface area contributed by atoms with Gasteiger partial charge in [-0.1, -0.05) is 29.8 Å². The topological polar surface area (TPSA) is 58.6 Å². The summed E-state index contributed by atoms with van der Waals surface area (Å²) in [7, 11) is 0. The lowest BCUT2D eigenvalue weighted by molar-refractivity contribution is -0.138. The van der Waals surface area contributed by atoms with Crippen molar-refractivity contribution >= 4 is 29.4 Å². The molecule has 6 nitrogen and oxygen atoms in total. The summed E-state index contributed by atoms with van der Waals surface area (Å²) in [5, 5.41) is 0.650. The zero-order valence-electron chi connectivity index (χ0n) is 18.1. The molecule has 166 valence electrons. The van der Waals surface area contributed by atoms with Crippen LogP contribution in [0.2, 0.25) is 5.02 Å². The molecule has 3 aliphatic rings. The first-order valence-electron chi connectivity index (χ1n) is 11.3. The summed E-state index contributed by atoms with van der Waals surface area (Å²) in [6, 6.07) is 11.8. The lowest BCUT2D eigenvalue weighted by Crippen LogP contribution is -2.52. The first-order valence-corrected chi connectivity index (χ1v) is 11.6. The number of piperazine rings is 1. The summed E-state index contributed by atoms with van der Waals surface area (Å²) in [6.07, 6.45) is 8.68. The maximum atomic E-state index is 13.3. The van der Waals surface area contributed by atoms with Crippen molar-refractivity contribution in [2.45, 2.75) is 18.9 Å². The van der Waals surface area contributed by atoms with Crippen LogP contribution in [0.5, 0.6) is 5.75 Å². The summed E-state index contributed by atoms with van der Waals surface area (Å²) < 4.78 is 6.31. The Kier molecular flexibility index (Phi) is 5.03. The fourth-order valence-electron chi connectivity index (χ4n) is 4.95. The van der Waals surface area contributed by atoms with Crippen molar-refractivity contribution in [3.63, 3.8) is 0 Å². The van der Waals surface area contributed by atoms with Crippen LogP contribution in [-0.4, -0.2) is 53.1 Å². The number of anilines is 1. The third kappa shape index (κ3) is 3.64. The summed E-state index contributed by atoms with van der Waals surface area (Å²) in [5.41, 5.74) is 5.11. The van der Waals surface area contributed by atoms with Crippen LogP contribution in [0.4, 0.5) is 5.82 Å². The number of carbonyl (C=O) groups is 1. The van der Waals surface area contributed by atoms with Gasteiger partial charge in [-0.2, -0.15) is 0 Å². The molecule has 2 aromatic heterocycles. The molecule has 0 spiro atoms. The van der Waals surface area contributed by atoms with Crippen LogP contribution < -0.4 is 9.64 Å². The van der Waals surface area contributed by atoms with Gasteiger partial charge in [0.25, 0.3) is 5.91 Å². The standard InChI is InChI=1S/C26H23ClN4O2/c27-18-14-17-15-23(26(32)31-12-10-30(11-13-31)24-6-1-2-8-29-24)33-25(17)21(16-18)19-7-9-28-22-5-3-4-20(19)22/h1-4,6-9,14,16,23H,5,10-13,15H2. The highest BCUT2D eigenvalue weighted by Gasteiger charge is 2.36. The van der Waals surface area contributed by atoms with Gasteiger partial charge in [-0.25, -0.2) is 4.98 Å². The number of allylic oxidation sites excluding steroid dienone is 1. The molecule has 1 saturated heterocycles. The fourth-order valence-corrected chi connectivity index (χ4v) is 5.19. The Bertz CT molecular complexity index is 1250. The number of rotatable bonds is 3. The van der Waals surface area contributed by atoms with Crippen molar-refractivity contribution in [2.75, 3.05) is 31.1 Å². The van der Waals surface area contributed by atoms with Crippen molar-refractivity contribution in [2.24, 2.45) is 0 Å². The van der Waals surface area contributed by atoms with E-state index in [2.05, 4.69) is 27.0 Å². The monoisotopic (exact) mass is 458 g/mol. The highest BCUT2D eigenvalue weighted by atomic mass is 35.5. The van der Waals surface area contributed by atoms with E-state index in [1.807, 2.05) is 47.5 Å². The molecule has 1 fully saturated rings. The third-order valence-electron chi connectivity index (χ3n) is 6.59. The summed E-state index contributed by atoms with van der Waals surface area (Å²) in [5.74, 6) is 1.75. The Morgan fingerprint density at radius 3 is 2.73 bits per heavy atom. The fraction of sp³-hybridized carbons (Fsp3) is 0.269. The number of hydrogen-bond donors (Lipinski definition) is 0. The molecule has 1 atom stereocenters. The van der Waals surface area contributed by atoms with E-state index in [9.17, 15) is 4.79 Å². The smallest absolute Gasteiger partial charge is 0.264 e. The molecule has 1 aliphatic carbocycles. The molecule has 0 saturated carbocycles. The number of nitrogens with zero attached hydrogens (tertiary/aromatic N) is 4. The van der Waals surface area contributed by atoms with Gasteiger partial charge in [0, 0.05) is 73.1 Å². The first kappa shape index (κ1) is 20.2. The van der Waals surface area contributed by atoms with Crippen LogP contribution in [0.3, 0.4) is 0 Å². The van der Waals surface area contributed by atoms with Crippen LogP contribution in [0.15, 0.2) is 54.9 Å². The normalized spacial score (nSPS) is 18.8. The summed E-state index contributed by atoms with van der Waals surface area (Å²) in [4.78, 5) is 26.4. The van der Waals surface area contributed by atoms with Crippen molar-refractivity contribution in [1.29, 1.82) is 0 Å². The first-order chi connectivity index (χ1) is 16.2. The average Bonchev–Trinajstić information content (AvgIpc) is 3.51. The second kappa shape index (κ2) is 8.19. The van der Waals surface area contributed by atoms with Gasteiger partial charge in [0.1, 0.15) is 11.6 Å². The Morgan fingerprint density at radius 1 is 1.03 bits per heavy atom. The molecule has 33 heavy (non-hydrogen) atoms. The molecule has 0 N–H and O–H groups in total. The number of ether oxygens (including phenoxy) is 1. The zero-order chi connectivity index (χ0) is 22.4. The van der Waals surface area contributed by atoms with Crippen LogP contribution in [0.1, 0.15) is 16.8 Å². The van der Waals surface area contributed by atoms with E-state index in [0.717, 1.165) is 59.0 Å². The van der Waals surface area contributed by atoms with Gasteiger partial charge in [0.15, 0.2) is 6.10 Å². The maximum Gasteiger partial charge on any atom is 0.264 e. The second-order valence-electron chi connectivity index (χ2n) is 8.58. The maximum absolute atomic E-state index is 13.3. The molecule has 1 aromatic carbocycles. The summed E-state index contributed by atoms with van der Waals surface area (Å²) in [6.45, 7) is 2.83. The molecule has 7 heteroatoms. The molecule has 6 rings (SSSR count). The highest BCUT2D eigenvalue weighted by molar-refractivity contribution is 6.31. The molecular formula is C26H23ClN4O2. The average molecular weight is 459 g/mol. The van der Waals surface area contributed by atoms with Gasteiger partial charge in [-0.05, 0) is 35.9 Å². The van der Waals surface area contributed by atoms with Crippen LogP contribution in [-0.2, 0) is 17.6 Å². The molecular weight excluding hydrogens is 436 g/mol. The number of hydrogen-bond acceptors (Lipinski definition) is 5. The molecule has 3 aromatic rings. The molecule has 1 unspecified atom stereocenters. The lowest BCUT2D eigenvalue weighted by Gasteiger charge is -2.36. The largest absolute Gasteiger partial charge is 0.479 e. The van der Waals surface area contributed by atoms with Gasteiger partial charge >= 0.3 is 0 Å². The van der Waals surface area contributed by atoms with Gasteiger partial charge in [0.05, 0.1) is 5.69 Å². The Balaban J connectivity index is 1.21. The minimum Gasteiger partial charge on any atom is -0.479 e. The molecule has 4 heterocycles. The minimum absolute atomic E-state index is 0.0359. The third-order valence-corrected chi connectivity index (χ3v) is 6.81. The van der Waals surface area contributed by atoms with Crippen molar-refractivity contribution < 1.29 is 9.53 Å². The van der Waals surface area contributed by atoms with Crippen LogP contribution >= 0.6 is 11.6 Å². The van der Waals surface area contributed by atoms with Gasteiger partial charge in [-0.15, -0.1) is 0 Å². The van der Waals surface area contributed by atoms with Crippen molar-refractivity contribution in [1.82, 2.24) is 14.9 Å². The van der Waals surface area contributed by atoms with Crippen molar-refractivity contribution in [3.05, 3.63) is 76.7 Å². The van der Waals surface area contributed by atoms with E-state index in [-0.39, 0.29) is 5.91 Å². The number of aromatic nitrogens is 2. The number of amides is 1. The predicted octanol–water partition coefficient (Wildman–Crippen LogP) is 4.02. The van der Waals surface area contributed by atoms with Gasteiger partial charge < -0.3 is 14.5 Å². The quantitative estimate of drug-likeness (QED) is 0.593. The predicted molar refractivity (Wildman–Crippen MR) is 129 cm³/mol. The number of carbonyl (C=O) groups excluding carboxylic acids is 1. The lowest BCUT2D eigenvalue weighted by atomic mass is 9.97. The van der Waals surface area contributed by atoms with Crippen molar-refractivity contribution in [3.8, 4) is 16.9 Å². The molecule has 1 amide bonds. The van der Waals surface area contributed by atoms with E-state index in [1.165, 1.54) is 0 Å². The number of pyridine rings is 2. The zero-order valence-corrected chi connectivity index (χ0v) is 18.8. The Morgan fingerprint density at radius 2 is 1.91 bits per heavy atom. The van der Waals surface area contributed by atoms with E-state index < -0.39 is 6.10 Å². The number of halogens is 1. The van der Waals surface area contributed by atoms with Crippen LogP contribution in [0.25, 0.3) is 17.2 Å². The van der Waals surface area contributed by atoms with E-state index in [4.69, 9.17) is 16.3 Å². The number of fused-ring (bicyclic) bond motifs is 2. The van der Waals surface area contributed by atoms with E-state index in [1.54, 1.807) is 6.20 Å². The Hall–Kier alpha value is -3.38. The van der Waals surface area contributed by atoms with E-state index in [0.29, 0.717) is 24.5 Å². The van der Waals surface area contributed by atoms with E-state index >= 15 is 0 Å². The Labute approximate surface area is 197 Å². The second-order valence-corrected chi connectivity index (χ2v) is 9.01. The van der Waals surface area contributed by atoms with Gasteiger partial charge in [-0.3, -0.25) is 9.78 Å². The molecule has 0 radical (unpaired) electrons. The minimum atomic E-state index is -0.524. The molecule has 0 bridgehead atoms. The van der Waals surface area contributed by atoms with Gasteiger partial charge in [0.2, 0.25) is 0 Å². The highest BCUT2D eigenvalue weighted by Crippen LogP contribution is 2.43. The number of benzene rings is 1. The summed E-state index contributed by atoms with van der Waals surface area (Å²) >= 11 is 6.48. The molecule has 2 aliphatic heterocycles. The van der Waals surface area contributed by atoms with Crippen LogP contribution in [0, 0.1) is 0 Å². The SMILES string of the molecule is O=C(C1Cc2cc(Cl)cc(-c3ccnc4c3C=CC4)c2O1)N1CCN(c2ccccn2)CC1.